The first-order valence-electron chi connectivity index (χ1n) is 10.6. The van der Waals surface area contributed by atoms with Gasteiger partial charge in [0.2, 0.25) is 5.91 Å². The predicted molar refractivity (Wildman–Crippen MR) is 109 cm³/mol. The Morgan fingerprint density at radius 3 is 2.17 bits per heavy atom. The summed E-state index contributed by atoms with van der Waals surface area (Å²) in [6.07, 6.45) is 8.20. The first kappa shape index (κ1) is 18.4. The van der Waals surface area contributed by atoms with E-state index in [0.717, 1.165) is 17.8 Å². The van der Waals surface area contributed by atoms with Gasteiger partial charge in [-0.3, -0.25) is 14.4 Å². The van der Waals surface area contributed by atoms with Crippen LogP contribution in [0.3, 0.4) is 0 Å². The first-order chi connectivity index (χ1) is 13.8. The normalized spacial score (nSPS) is 30.0. The van der Waals surface area contributed by atoms with E-state index in [9.17, 15) is 14.4 Å². The summed E-state index contributed by atoms with van der Waals surface area (Å²) in [6.45, 7) is 0. The van der Waals surface area contributed by atoms with Crippen molar-refractivity contribution in [3.8, 4) is 0 Å². The molecule has 2 amide bonds. The number of hydrogen-bond donors (Lipinski definition) is 3. The Labute approximate surface area is 169 Å². The third-order valence-corrected chi connectivity index (χ3v) is 7.50. The van der Waals surface area contributed by atoms with Gasteiger partial charge in [-0.2, -0.15) is 0 Å². The molecular weight excluding hydrogens is 366 g/mol. The maximum absolute atomic E-state index is 13.2. The van der Waals surface area contributed by atoms with Gasteiger partial charge >= 0.3 is 0 Å². The van der Waals surface area contributed by atoms with Gasteiger partial charge < -0.3 is 16.5 Å². The number of nitrogens with two attached hydrogens (primary N) is 2. The van der Waals surface area contributed by atoms with Gasteiger partial charge in [0.05, 0.1) is 12.0 Å². The SMILES string of the molecule is NC(=O)Cc1[nH]c2cc(C(=O)CC34CC5CC(CC(C5)C3)C4)ccc2c1C(N)=O. The summed E-state index contributed by atoms with van der Waals surface area (Å²) in [4.78, 5) is 39.5. The lowest BCUT2D eigenvalue weighted by Crippen LogP contribution is -2.46. The van der Waals surface area contributed by atoms with Crippen LogP contribution >= 0.6 is 0 Å². The largest absolute Gasteiger partial charge is 0.369 e. The van der Waals surface area contributed by atoms with Gasteiger partial charge in [-0.05, 0) is 67.8 Å². The van der Waals surface area contributed by atoms with Crippen LogP contribution in [0.2, 0.25) is 0 Å². The second-order valence-corrected chi connectivity index (χ2v) is 9.76. The summed E-state index contributed by atoms with van der Waals surface area (Å²) in [5.74, 6) is 1.45. The van der Waals surface area contributed by atoms with E-state index in [2.05, 4.69) is 4.98 Å². The van der Waals surface area contributed by atoms with Crippen LogP contribution < -0.4 is 11.5 Å². The quantitative estimate of drug-likeness (QED) is 0.654. The van der Waals surface area contributed by atoms with Gasteiger partial charge in [0.15, 0.2) is 5.78 Å². The highest BCUT2D eigenvalue weighted by Crippen LogP contribution is 2.61. The van der Waals surface area contributed by atoms with E-state index in [1.165, 1.54) is 38.5 Å². The minimum atomic E-state index is -0.611. The highest BCUT2D eigenvalue weighted by molar-refractivity contribution is 6.10. The fourth-order valence-corrected chi connectivity index (χ4v) is 6.96. The number of carbonyl (C=O) groups is 3. The van der Waals surface area contributed by atoms with Gasteiger partial charge in [0.25, 0.3) is 5.91 Å². The molecule has 6 nitrogen and oxygen atoms in total. The summed E-state index contributed by atoms with van der Waals surface area (Å²) in [7, 11) is 0. The van der Waals surface area contributed by atoms with Gasteiger partial charge in [-0.1, -0.05) is 12.1 Å². The third kappa shape index (κ3) is 3.15. The number of fused-ring (bicyclic) bond motifs is 1. The number of rotatable bonds is 6. The maximum atomic E-state index is 13.2. The Hall–Kier alpha value is -2.63. The number of hydrogen-bond acceptors (Lipinski definition) is 3. The number of aromatic nitrogens is 1. The first-order valence-corrected chi connectivity index (χ1v) is 10.6. The summed E-state index contributed by atoms with van der Waals surface area (Å²) in [5.41, 5.74) is 13.0. The number of H-pyrrole nitrogens is 1. The predicted octanol–water partition coefficient (Wildman–Crippen LogP) is 3.08. The van der Waals surface area contributed by atoms with E-state index in [0.29, 0.717) is 28.6 Å². The number of amides is 2. The van der Waals surface area contributed by atoms with Crippen molar-refractivity contribution in [3.05, 3.63) is 35.0 Å². The van der Waals surface area contributed by atoms with Crippen LogP contribution in [-0.2, 0) is 11.2 Å². The van der Waals surface area contributed by atoms with E-state index in [1.54, 1.807) is 18.2 Å². The van der Waals surface area contributed by atoms with Crippen LogP contribution in [0.5, 0.6) is 0 Å². The molecule has 4 bridgehead atoms. The molecule has 5 N–H and O–H groups in total. The molecule has 0 unspecified atom stereocenters. The molecule has 1 aromatic heterocycles. The summed E-state index contributed by atoms with van der Waals surface area (Å²) < 4.78 is 0. The highest BCUT2D eigenvalue weighted by Gasteiger charge is 2.51. The molecule has 0 spiro atoms. The molecule has 0 radical (unpaired) electrons. The van der Waals surface area contributed by atoms with Gasteiger partial charge in [-0.15, -0.1) is 0 Å². The number of benzene rings is 1. The van der Waals surface area contributed by atoms with Crippen LogP contribution in [0.25, 0.3) is 10.9 Å². The van der Waals surface area contributed by atoms with Gasteiger partial charge in [-0.25, -0.2) is 0 Å². The van der Waals surface area contributed by atoms with Crippen molar-refractivity contribution in [1.29, 1.82) is 0 Å². The van der Waals surface area contributed by atoms with Crippen LogP contribution in [-0.4, -0.2) is 22.6 Å². The Bertz CT molecular complexity index is 1000. The fraction of sp³-hybridized carbons (Fsp3) is 0.522. The molecule has 2 aromatic rings. The topological polar surface area (TPSA) is 119 Å². The van der Waals surface area contributed by atoms with Crippen molar-refractivity contribution in [2.45, 2.75) is 51.4 Å². The van der Waals surface area contributed by atoms with E-state index in [1.807, 2.05) is 0 Å². The summed E-state index contributed by atoms with van der Waals surface area (Å²) >= 11 is 0. The lowest BCUT2D eigenvalue weighted by atomic mass is 9.48. The number of carbonyl (C=O) groups excluding carboxylic acids is 3. The number of ketones is 1. The second kappa shape index (κ2) is 6.44. The van der Waals surface area contributed by atoms with Crippen molar-refractivity contribution >= 4 is 28.5 Å². The molecule has 152 valence electrons. The lowest BCUT2D eigenvalue weighted by Gasteiger charge is -2.56. The molecule has 1 heterocycles. The zero-order valence-electron chi connectivity index (χ0n) is 16.5. The molecule has 0 aliphatic heterocycles. The van der Waals surface area contributed by atoms with Crippen molar-refractivity contribution < 1.29 is 14.4 Å². The van der Waals surface area contributed by atoms with Crippen LogP contribution in [0.4, 0.5) is 0 Å². The van der Waals surface area contributed by atoms with E-state index in [-0.39, 0.29) is 23.2 Å². The minimum absolute atomic E-state index is 0.0937. The molecule has 0 saturated heterocycles. The Morgan fingerprint density at radius 2 is 1.62 bits per heavy atom. The Balaban J connectivity index is 1.44. The fourth-order valence-electron chi connectivity index (χ4n) is 6.96. The van der Waals surface area contributed by atoms with E-state index >= 15 is 0 Å². The Kier molecular flexibility index (Phi) is 4.09. The van der Waals surface area contributed by atoms with Crippen molar-refractivity contribution in [3.63, 3.8) is 0 Å². The molecule has 4 fully saturated rings. The average Bonchev–Trinajstić information content (AvgIpc) is 2.96. The standard InChI is InChI=1S/C23H27N3O3/c24-20(28)7-18-21(22(25)29)16-2-1-15(6-17(16)26-18)19(27)11-23-8-12-3-13(9-23)5-14(4-12)10-23/h1-2,6,12-14,26H,3-5,7-11H2,(H2,24,28)(H2,25,29). The molecule has 4 aliphatic carbocycles. The summed E-state index contributed by atoms with van der Waals surface area (Å²) in [6, 6.07) is 5.32. The molecule has 4 aliphatic rings. The molecule has 4 saturated carbocycles. The third-order valence-electron chi connectivity index (χ3n) is 7.50. The van der Waals surface area contributed by atoms with Gasteiger partial charge in [0, 0.05) is 28.6 Å². The molecule has 29 heavy (non-hydrogen) atoms. The molecule has 1 aromatic carbocycles. The molecule has 6 rings (SSSR count). The van der Waals surface area contributed by atoms with E-state index in [4.69, 9.17) is 11.5 Å². The van der Waals surface area contributed by atoms with Gasteiger partial charge in [0.1, 0.15) is 0 Å². The monoisotopic (exact) mass is 393 g/mol. The lowest BCUT2D eigenvalue weighted by molar-refractivity contribution is -0.117. The molecular formula is C23H27N3O3. The number of Topliss-reactive ketones (excluding diaryl/α,β-unsaturated/α-hetero) is 1. The van der Waals surface area contributed by atoms with Crippen molar-refractivity contribution in [2.24, 2.45) is 34.6 Å². The van der Waals surface area contributed by atoms with Crippen molar-refractivity contribution in [2.75, 3.05) is 0 Å². The summed E-state index contributed by atoms with van der Waals surface area (Å²) in [5, 5.41) is 0.625. The smallest absolute Gasteiger partial charge is 0.251 e. The average molecular weight is 393 g/mol. The minimum Gasteiger partial charge on any atom is -0.369 e. The van der Waals surface area contributed by atoms with Crippen LogP contribution in [0.15, 0.2) is 18.2 Å². The number of nitrogens with one attached hydrogen (secondary N) is 1. The highest BCUT2D eigenvalue weighted by atomic mass is 16.1. The second-order valence-electron chi connectivity index (χ2n) is 9.76. The zero-order valence-corrected chi connectivity index (χ0v) is 16.5. The van der Waals surface area contributed by atoms with Crippen LogP contribution in [0, 0.1) is 23.2 Å². The number of aromatic amines is 1. The zero-order chi connectivity index (χ0) is 20.3. The molecule has 6 heteroatoms. The molecule has 0 atom stereocenters. The Morgan fingerprint density at radius 1 is 1.00 bits per heavy atom. The van der Waals surface area contributed by atoms with Crippen molar-refractivity contribution in [1.82, 2.24) is 4.98 Å². The number of primary amides is 2. The maximum Gasteiger partial charge on any atom is 0.251 e. The van der Waals surface area contributed by atoms with E-state index < -0.39 is 11.8 Å². The van der Waals surface area contributed by atoms with Crippen LogP contribution in [0.1, 0.15) is 71.4 Å².